The lowest BCUT2D eigenvalue weighted by Crippen LogP contribution is -2.19. The molecule has 2 nitrogen and oxygen atoms in total. The van der Waals surface area contributed by atoms with Gasteiger partial charge in [-0.3, -0.25) is 0 Å². The summed E-state index contributed by atoms with van der Waals surface area (Å²) in [6.07, 6.45) is 6.25. The molecule has 0 amide bonds. The highest BCUT2D eigenvalue weighted by molar-refractivity contribution is 4.96. The van der Waals surface area contributed by atoms with Crippen LogP contribution in [0.2, 0.25) is 0 Å². The second-order valence-corrected chi connectivity index (χ2v) is 4.04. The van der Waals surface area contributed by atoms with Crippen molar-refractivity contribution in [3.8, 4) is 0 Å². The van der Waals surface area contributed by atoms with Crippen LogP contribution in [0.5, 0.6) is 0 Å². The van der Waals surface area contributed by atoms with Gasteiger partial charge in [-0.1, -0.05) is 39.7 Å². The van der Waals surface area contributed by atoms with Crippen LogP contribution in [0.3, 0.4) is 0 Å². The van der Waals surface area contributed by atoms with E-state index in [0.717, 1.165) is 25.3 Å². The van der Waals surface area contributed by atoms with Gasteiger partial charge in [-0.15, -0.1) is 0 Å². The van der Waals surface area contributed by atoms with Crippen molar-refractivity contribution in [3.63, 3.8) is 0 Å². The highest BCUT2D eigenvalue weighted by atomic mass is 16.5. The van der Waals surface area contributed by atoms with Gasteiger partial charge in [0.2, 0.25) is 0 Å². The standard InChI is InChI=1S/C13H27NO/c1-4-6-7-8-10-15-12-13(3)11-14-9-5-2/h14H,3-12H2,1-2H3. The highest BCUT2D eigenvalue weighted by Crippen LogP contribution is 1.99. The van der Waals surface area contributed by atoms with Gasteiger partial charge < -0.3 is 10.1 Å². The number of hydrogen-bond donors (Lipinski definition) is 1. The summed E-state index contributed by atoms with van der Waals surface area (Å²) >= 11 is 0. The molecule has 0 bridgehead atoms. The normalized spacial score (nSPS) is 10.5. The van der Waals surface area contributed by atoms with Gasteiger partial charge in [-0.25, -0.2) is 0 Å². The molecule has 0 saturated carbocycles. The van der Waals surface area contributed by atoms with Gasteiger partial charge in [0.1, 0.15) is 0 Å². The smallest absolute Gasteiger partial charge is 0.0686 e. The minimum atomic E-state index is 0.711. The molecule has 0 aliphatic heterocycles. The lowest BCUT2D eigenvalue weighted by atomic mass is 10.2. The largest absolute Gasteiger partial charge is 0.377 e. The Bertz CT molecular complexity index is 145. The zero-order valence-corrected chi connectivity index (χ0v) is 10.5. The van der Waals surface area contributed by atoms with Gasteiger partial charge in [-0.05, 0) is 25.0 Å². The molecule has 0 atom stereocenters. The Hall–Kier alpha value is -0.340. The van der Waals surface area contributed by atoms with Gasteiger partial charge in [0.15, 0.2) is 0 Å². The number of rotatable bonds is 11. The second kappa shape index (κ2) is 11.7. The molecule has 0 aromatic carbocycles. The molecule has 0 aromatic heterocycles. The van der Waals surface area contributed by atoms with Gasteiger partial charge in [-0.2, -0.15) is 0 Å². The average molecular weight is 213 g/mol. The first-order valence-electron chi connectivity index (χ1n) is 6.26. The van der Waals surface area contributed by atoms with Crippen molar-refractivity contribution in [1.82, 2.24) is 5.32 Å². The fraction of sp³-hybridized carbons (Fsp3) is 0.846. The van der Waals surface area contributed by atoms with Crippen molar-refractivity contribution >= 4 is 0 Å². The summed E-state index contributed by atoms with van der Waals surface area (Å²) in [4.78, 5) is 0. The molecule has 1 N–H and O–H groups in total. The van der Waals surface area contributed by atoms with Gasteiger partial charge in [0, 0.05) is 13.2 Å². The monoisotopic (exact) mass is 213 g/mol. The Labute approximate surface area is 95.1 Å². The zero-order chi connectivity index (χ0) is 11.4. The van der Waals surface area contributed by atoms with Gasteiger partial charge in [0.25, 0.3) is 0 Å². The molecule has 0 heterocycles. The SMILES string of the molecule is C=C(CNCCC)COCCCCCC. The van der Waals surface area contributed by atoms with E-state index in [0.29, 0.717) is 6.61 Å². The van der Waals surface area contributed by atoms with Crippen molar-refractivity contribution in [2.24, 2.45) is 0 Å². The maximum Gasteiger partial charge on any atom is 0.0686 e. The second-order valence-electron chi connectivity index (χ2n) is 4.04. The third kappa shape index (κ3) is 11.6. The Morgan fingerprint density at radius 2 is 1.93 bits per heavy atom. The minimum absolute atomic E-state index is 0.711. The maximum atomic E-state index is 5.53. The predicted molar refractivity (Wildman–Crippen MR) is 67.3 cm³/mol. The molecule has 15 heavy (non-hydrogen) atoms. The molecule has 2 heteroatoms. The molecule has 0 aliphatic rings. The molecule has 90 valence electrons. The highest BCUT2D eigenvalue weighted by Gasteiger charge is 1.94. The molecule has 0 unspecified atom stereocenters. The summed E-state index contributed by atoms with van der Waals surface area (Å²) in [7, 11) is 0. The molecular weight excluding hydrogens is 186 g/mol. The summed E-state index contributed by atoms with van der Waals surface area (Å²) in [5, 5.41) is 3.32. The molecule has 0 aromatic rings. The Morgan fingerprint density at radius 1 is 1.13 bits per heavy atom. The van der Waals surface area contributed by atoms with E-state index in [9.17, 15) is 0 Å². The Morgan fingerprint density at radius 3 is 2.60 bits per heavy atom. The van der Waals surface area contributed by atoms with E-state index >= 15 is 0 Å². The van der Waals surface area contributed by atoms with Crippen molar-refractivity contribution in [1.29, 1.82) is 0 Å². The van der Waals surface area contributed by atoms with Crippen molar-refractivity contribution in [2.75, 3.05) is 26.3 Å². The average Bonchev–Trinajstić information content (AvgIpc) is 2.23. The number of hydrogen-bond acceptors (Lipinski definition) is 2. The quantitative estimate of drug-likeness (QED) is 0.420. The van der Waals surface area contributed by atoms with Crippen molar-refractivity contribution < 1.29 is 4.74 Å². The first kappa shape index (κ1) is 14.7. The molecule has 0 fully saturated rings. The van der Waals surface area contributed by atoms with Crippen LogP contribution < -0.4 is 5.32 Å². The number of unbranched alkanes of at least 4 members (excludes halogenated alkanes) is 3. The van der Waals surface area contributed by atoms with E-state index in [2.05, 4.69) is 25.7 Å². The van der Waals surface area contributed by atoms with Crippen LogP contribution in [0.15, 0.2) is 12.2 Å². The fourth-order valence-electron chi connectivity index (χ4n) is 1.34. The Balaban J connectivity index is 3.10. The first-order valence-corrected chi connectivity index (χ1v) is 6.26. The summed E-state index contributed by atoms with van der Waals surface area (Å²) in [5.41, 5.74) is 1.15. The van der Waals surface area contributed by atoms with Crippen LogP contribution in [0, 0.1) is 0 Å². The molecule has 0 aliphatic carbocycles. The minimum Gasteiger partial charge on any atom is -0.377 e. The van der Waals surface area contributed by atoms with E-state index in [1.54, 1.807) is 0 Å². The van der Waals surface area contributed by atoms with Crippen LogP contribution >= 0.6 is 0 Å². The van der Waals surface area contributed by atoms with Crippen molar-refractivity contribution in [3.05, 3.63) is 12.2 Å². The number of nitrogens with one attached hydrogen (secondary N) is 1. The van der Waals surface area contributed by atoms with E-state index in [-0.39, 0.29) is 0 Å². The molecular formula is C13H27NO. The van der Waals surface area contributed by atoms with Crippen molar-refractivity contribution in [2.45, 2.75) is 46.0 Å². The van der Waals surface area contributed by atoms with Gasteiger partial charge >= 0.3 is 0 Å². The summed E-state index contributed by atoms with van der Waals surface area (Å²) in [5.74, 6) is 0. The number of ether oxygens (including phenoxy) is 1. The van der Waals surface area contributed by atoms with Crippen LogP contribution in [-0.4, -0.2) is 26.3 Å². The summed E-state index contributed by atoms with van der Waals surface area (Å²) < 4.78 is 5.53. The van der Waals surface area contributed by atoms with Crippen LogP contribution in [0.1, 0.15) is 46.0 Å². The molecule has 0 saturated heterocycles. The maximum absolute atomic E-state index is 5.53. The fourth-order valence-corrected chi connectivity index (χ4v) is 1.34. The Kier molecular flexibility index (Phi) is 11.5. The zero-order valence-electron chi connectivity index (χ0n) is 10.5. The van der Waals surface area contributed by atoms with E-state index in [1.165, 1.54) is 32.1 Å². The lowest BCUT2D eigenvalue weighted by molar-refractivity contribution is 0.150. The predicted octanol–water partition coefficient (Wildman–Crippen LogP) is 3.14. The van der Waals surface area contributed by atoms with Crippen LogP contribution in [0.4, 0.5) is 0 Å². The third-order valence-electron chi connectivity index (χ3n) is 2.25. The molecule has 0 radical (unpaired) electrons. The lowest BCUT2D eigenvalue weighted by Gasteiger charge is -2.07. The molecule has 0 rings (SSSR count). The summed E-state index contributed by atoms with van der Waals surface area (Å²) in [6, 6.07) is 0. The molecule has 0 spiro atoms. The topological polar surface area (TPSA) is 21.3 Å². The van der Waals surface area contributed by atoms with E-state index < -0.39 is 0 Å². The van der Waals surface area contributed by atoms with Gasteiger partial charge in [0.05, 0.1) is 6.61 Å². The summed E-state index contributed by atoms with van der Waals surface area (Å²) in [6.45, 7) is 11.9. The van der Waals surface area contributed by atoms with E-state index in [4.69, 9.17) is 4.74 Å². The van der Waals surface area contributed by atoms with Crippen LogP contribution in [-0.2, 0) is 4.74 Å². The third-order valence-corrected chi connectivity index (χ3v) is 2.25. The van der Waals surface area contributed by atoms with Crippen LogP contribution in [0.25, 0.3) is 0 Å². The first-order chi connectivity index (χ1) is 7.31. The van der Waals surface area contributed by atoms with E-state index in [1.807, 2.05) is 0 Å².